The van der Waals surface area contributed by atoms with Crippen molar-refractivity contribution >= 4 is 11.0 Å². The van der Waals surface area contributed by atoms with Crippen molar-refractivity contribution in [1.29, 1.82) is 5.26 Å². The number of ether oxygens (including phenoxy) is 2. The number of hydrogen-bond donors (Lipinski definition) is 0. The highest BCUT2D eigenvalue weighted by atomic mass is 16.5. The molecule has 5 nitrogen and oxygen atoms in total. The van der Waals surface area contributed by atoms with Gasteiger partial charge in [-0.3, -0.25) is 4.79 Å². The van der Waals surface area contributed by atoms with Crippen LogP contribution in [0.4, 0.5) is 0 Å². The summed E-state index contributed by atoms with van der Waals surface area (Å²) in [6, 6.07) is 15.5. The second-order valence-electron chi connectivity index (χ2n) is 4.81. The normalized spacial score (nSPS) is 10.3. The van der Waals surface area contributed by atoms with E-state index in [9.17, 15) is 4.79 Å². The Morgan fingerprint density at radius 2 is 1.83 bits per heavy atom. The lowest BCUT2D eigenvalue weighted by molar-refractivity contribution is 0.368. The fraction of sp³-hybridized carbons (Fsp3) is 0.111. The Balaban J connectivity index is 2.04. The molecule has 1 heterocycles. The van der Waals surface area contributed by atoms with Gasteiger partial charge in [-0.15, -0.1) is 0 Å². The zero-order chi connectivity index (χ0) is 16.2. The van der Waals surface area contributed by atoms with Gasteiger partial charge in [0.1, 0.15) is 28.9 Å². The van der Waals surface area contributed by atoms with E-state index in [1.54, 1.807) is 37.4 Å². The molecule has 0 spiro atoms. The summed E-state index contributed by atoms with van der Waals surface area (Å²) in [7, 11) is 1.59. The van der Waals surface area contributed by atoms with Gasteiger partial charge in [0.15, 0.2) is 12.0 Å². The number of nitrogens with zero attached hydrogens (tertiary/aromatic N) is 1. The Labute approximate surface area is 132 Å². The molecule has 2 aromatic carbocycles. The van der Waals surface area contributed by atoms with Gasteiger partial charge < -0.3 is 13.9 Å². The Bertz CT molecular complexity index is 936. The standard InChI is InChI=1S/C18H13NO4/c1-21-13-4-2-12(3-5-13)18-11-16(20)15-10-14(22-9-8-19)6-7-17(15)23-18/h2-7,10-11H,9H2,1H3. The van der Waals surface area contributed by atoms with Gasteiger partial charge in [0.2, 0.25) is 0 Å². The Hall–Kier alpha value is -3.26. The quantitative estimate of drug-likeness (QED) is 0.739. The van der Waals surface area contributed by atoms with Crippen LogP contribution in [0.25, 0.3) is 22.3 Å². The number of fused-ring (bicyclic) bond motifs is 1. The summed E-state index contributed by atoms with van der Waals surface area (Å²) in [4.78, 5) is 12.3. The highest BCUT2D eigenvalue weighted by Gasteiger charge is 2.08. The fourth-order valence-corrected chi connectivity index (χ4v) is 2.24. The van der Waals surface area contributed by atoms with Crippen molar-refractivity contribution in [3.8, 4) is 28.9 Å². The fourth-order valence-electron chi connectivity index (χ4n) is 2.24. The highest BCUT2D eigenvalue weighted by Crippen LogP contribution is 2.26. The van der Waals surface area contributed by atoms with Crippen LogP contribution in [-0.2, 0) is 0 Å². The molecule has 0 unspecified atom stereocenters. The molecule has 0 saturated carbocycles. The van der Waals surface area contributed by atoms with Gasteiger partial charge in [-0.05, 0) is 42.5 Å². The summed E-state index contributed by atoms with van der Waals surface area (Å²) in [5.74, 6) is 1.68. The molecule has 0 aliphatic heterocycles. The molecule has 0 aliphatic carbocycles. The molecule has 0 radical (unpaired) electrons. The smallest absolute Gasteiger partial charge is 0.193 e. The number of hydrogen-bond acceptors (Lipinski definition) is 5. The van der Waals surface area contributed by atoms with Crippen LogP contribution < -0.4 is 14.9 Å². The molecule has 23 heavy (non-hydrogen) atoms. The molecule has 0 saturated heterocycles. The predicted molar refractivity (Wildman–Crippen MR) is 85.6 cm³/mol. The van der Waals surface area contributed by atoms with Crippen LogP contribution in [0.15, 0.2) is 57.7 Å². The Morgan fingerprint density at radius 1 is 1.09 bits per heavy atom. The minimum atomic E-state index is -0.167. The van der Waals surface area contributed by atoms with E-state index in [0.29, 0.717) is 22.5 Å². The molecular formula is C18H13NO4. The highest BCUT2D eigenvalue weighted by molar-refractivity contribution is 5.80. The van der Waals surface area contributed by atoms with E-state index >= 15 is 0 Å². The number of rotatable bonds is 4. The maximum atomic E-state index is 12.3. The third-order valence-electron chi connectivity index (χ3n) is 3.38. The average molecular weight is 307 g/mol. The van der Waals surface area contributed by atoms with Crippen LogP contribution in [-0.4, -0.2) is 13.7 Å². The summed E-state index contributed by atoms with van der Waals surface area (Å²) < 4.78 is 16.1. The Morgan fingerprint density at radius 3 is 2.52 bits per heavy atom. The molecule has 0 aliphatic rings. The number of methoxy groups -OCH3 is 1. The van der Waals surface area contributed by atoms with E-state index < -0.39 is 0 Å². The van der Waals surface area contributed by atoms with Gasteiger partial charge in [0.25, 0.3) is 0 Å². The minimum Gasteiger partial charge on any atom is -0.497 e. The molecule has 3 aromatic rings. The van der Waals surface area contributed by atoms with Crippen molar-refractivity contribution in [3.05, 3.63) is 58.8 Å². The molecule has 0 atom stereocenters. The second-order valence-corrected chi connectivity index (χ2v) is 4.81. The maximum absolute atomic E-state index is 12.3. The molecule has 0 amide bonds. The molecule has 3 rings (SSSR count). The Kier molecular flexibility index (Phi) is 3.98. The van der Waals surface area contributed by atoms with E-state index in [2.05, 4.69) is 0 Å². The van der Waals surface area contributed by atoms with E-state index in [1.165, 1.54) is 6.07 Å². The van der Waals surface area contributed by atoms with E-state index in [-0.39, 0.29) is 12.0 Å². The number of nitriles is 1. The zero-order valence-electron chi connectivity index (χ0n) is 12.4. The van der Waals surface area contributed by atoms with Gasteiger partial charge >= 0.3 is 0 Å². The lowest BCUT2D eigenvalue weighted by Gasteiger charge is -2.06. The van der Waals surface area contributed by atoms with Crippen LogP contribution in [0.5, 0.6) is 11.5 Å². The van der Waals surface area contributed by atoms with E-state index in [0.717, 1.165) is 11.3 Å². The first-order valence-electron chi connectivity index (χ1n) is 6.93. The van der Waals surface area contributed by atoms with Gasteiger partial charge in [-0.25, -0.2) is 0 Å². The van der Waals surface area contributed by atoms with Crippen LogP contribution in [0.2, 0.25) is 0 Å². The van der Waals surface area contributed by atoms with Gasteiger partial charge in [0.05, 0.1) is 12.5 Å². The first-order chi connectivity index (χ1) is 11.2. The molecule has 114 valence electrons. The summed E-state index contributed by atoms with van der Waals surface area (Å²) in [6.45, 7) is -0.0687. The van der Waals surface area contributed by atoms with Crippen molar-refractivity contribution in [3.63, 3.8) is 0 Å². The summed E-state index contributed by atoms with van der Waals surface area (Å²) in [5.41, 5.74) is 1.08. The van der Waals surface area contributed by atoms with Crippen LogP contribution >= 0.6 is 0 Å². The third-order valence-corrected chi connectivity index (χ3v) is 3.38. The van der Waals surface area contributed by atoms with Crippen molar-refractivity contribution < 1.29 is 13.9 Å². The maximum Gasteiger partial charge on any atom is 0.193 e. The first-order valence-corrected chi connectivity index (χ1v) is 6.93. The van der Waals surface area contributed by atoms with Crippen molar-refractivity contribution in [2.45, 2.75) is 0 Å². The largest absolute Gasteiger partial charge is 0.497 e. The molecule has 0 bridgehead atoms. The molecule has 0 N–H and O–H groups in total. The van der Waals surface area contributed by atoms with Crippen molar-refractivity contribution in [1.82, 2.24) is 0 Å². The van der Waals surface area contributed by atoms with Crippen LogP contribution in [0.3, 0.4) is 0 Å². The van der Waals surface area contributed by atoms with Crippen molar-refractivity contribution in [2.75, 3.05) is 13.7 Å². The van der Waals surface area contributed by atoms with Crippen molar-refractivity contribution in [2.24, 2.45) is 0 Å². The first kappa shape index (κ1) is 14.7. The number of benzene rings is 2. The monoisotopic (exact) mass is 307 g/mol. The van der Waals surface area contributed by atoms with Gasteiger partial charge in [-0.2, -0.15) is 5.26 Å². The molecule has 0 fully saturated rings. The summed E-state index contributed by atoms with van der Waals surface area (Å²) >= 11 is 0. The second kappa shape index (κ2) is 6.24. The van der Waals surface area contributed by atoms with Gasteiger partial charge in [0, 0.05) is 11.6 Å². The van der Waals surface area contributed by atoms with Gasteiger partial charge in [-0.1, -0.05) is 0 Å². The summed E-state index contributed by atoms with van der Waals surface area (Å²) in [6.07, 6.45) is 0. The lowest BCUT2D eigenvalue weighted by Crippen LogP contribution is -2.01. The SMILES string of the molecule is COc1ccc(-c2cc(=O)c3cc(OCC#N)ccc3o2)cc1. The van der Waals surface area contributed by atoms with Crippen LogP contribution in [0, 0.1) is 11.3 Å². The molecule has 5 heteroatoms. The van der Waals surface area contributed by atoms with Crippen LogP contribution in [0.1, 0.15) is 0 Å². The predicted octanol–water partition coefficient (Wildman–Crippen LogP) is 3.37. The topological polar surface area (TPSA) is 72.5 Å². The van der Waals surface area contributed by atoms with E-state index in [1.807, 2.05) is 18.2 Å². The zero-order valence-corrected chi connectivity index (χ0v) is 12.4. The average Bonchev–Trinajstić information content (AvgIpc) is 2.60. The lowest BCUT2D eigenvalue weighted by atomic mass is 10.1. The summed E-state index contributed by atoms with van der Waals surface area (Å²) in [5, 5.41) is 8.95. The third kappa shape index (κ3) is 3.01. The van der Waals surface area contributed by atoms with E-state index in [4.69, 9.17) is 19.2 Å². The minimum absolute atomic E-state index is 0.0687. The molecule has 1 aromatic heterocycles. The molecular weight excluding hydrogens is 294 g/mol.